The smallest absolute Gasteiger partial charge is 0.313 e. The Morgan fingerprint density at radius 2 is 2.38 bits per heavy atom. The summed E-state index contributed by atoms with van der Waals surface area (Å²) in [5.74, 6) is -0.0634. The molecule has 0 aliphatic heterocycles. The van der Waals surface area contributed by atoms with Crippen molar-refractivity contribution < 1.29 is 14.9 Å². The Balaban J connectivity index is 3.15. The first-order chi connectivity index (χ1) is 6.19. The first kappa shape index (κ1) is 9.20. The van der Waals surface area contributed by atoms with E-state index in [4.69, 9.17) is 9.94 Å². The number of anilines is 1. The molecular weight excluding hydrogens is 178 g/mol. The third-order valence-corrected chi connectivity index (χ3v) is 1.36. The normalized spacial score (nSPS) is 9.38. The van der Waals surface area contributed by atoms with Crippen molar-refractivity contribution >= 4 is 11.5 Å². The highest BCUT2D eigenvalue weighted by Crippen LogP contribution is 2.23. The average Bonchev–Trinajstić information content (AvgIpc) is 2.16. The molecule has 1 aromatic heterocycles. The van der Waals surface area contributed by atoms with E-state index >= 15 is 0 Å². The highest BCUT2D eigenvalue weighted by Gasteiger charge is 2.15. The van der Waals surface area contributed by atoms with Crippen LogP contribution in [-0.2, 0) is 0 Å². The molecule has 1 heterocycles. The van der Waals surface area contributed by atoms with Crippen LogP contribution in [0.4, 0.5) is 11.5 Å². The Kier molecular flexibility index (Phi) is 2.60. The van der Waals surface area contributed by atoms with Crippen LogP contribution in [0.1, 0.15) is 0 Å². The van der Waals surface area contributed by atoms with Gasteiger partial charge in [-0.2, -0.15) is 4.98 Å². The number of hydrogen-bond acceptors (Lipinski definition) is 6. The third kappa shape index (κ3) is 1.82. The van der Waals surface area contributed by atoms with Crippen molar-refractivity contribution in [1.29, 1.82) is 0 Å². The van der Waals surface area contributed by atoms with Crippen LogP contribution in [0.5, 0.6) is 5.88 Å². The Morgan fingerprint density at radius 1 is 1.69 bits per heavy atom. The third-order valence-electron chi connectivity index (χ3n) is 1.36. The summed E-state index contributed by atoms with van der Waals surface area (Å²) in [4.78, 5) is 13.3. The molecule has 2 N–H and O–H groups in total. The van der Waals surface area contributed by atoms with Crippen LogP contribution < -0.4 is 10.2 Å². The van der Waals surface area contributed by atoms with Crippen molar-refractivity contribution in [2.24, 2.45) is 0 Å². The van der Waals surface area contributed by atoms with Crippen LogP contribution in [0.3, 0.4) is 0 Å². The van der Waals surface area contributed by atoms with Crippen LogP contribution in [0, 0.1) is 10.1 Å². The van der Waals surface area contributed by atoms with Crippen LogP contribution in [0.2, 0.25) is 0 Å². The zero-order valence-electron chi connectivity index (χ0n) is 6.72. The highest BCUT2D eigenvalue weighted by molar-refractivity contribution is 5.55. The SMILES string of the molecule is COc1ccc([N+](=O)[O-])c(NO)n1. The fraction of sp³-hybridized carbons (Fsp3) is 0.167. The summed E-state index contributed by atoms with van der Waals surface area (Å²) < 4.78 is 4.71. The number of nitro groups is 1. The van der Waals surface area contributed by atoms with E-state index in [0.29, 0.717) is 0 Å². The molecule has 0 aliphatic carbocycles. The molecule has 1 aromatic rings. The number of ether oxygens (including phenoxy) is 1. The Morgan fingerprint density at radius 3 is 2.85 bits per heavy atom. The Hall–Kier alpha value is -1.89. The molecular formula is C6H7N3O4. The van der Waals surface area contributed by atoms with E-state index in [1.807, 2.05) is 0 Å². The number of methoxy groups -OCH3 is 1. The van der Waals surface area contributed by atoms with Gasteiger partial charge in [0.2, 0.25) is 11.7 Å². The minimum Gasteiger partial charge on any atom is -0.481 e. The molecule has 0 saturated heterocycles. The first-order valence-electron chi connectivity index (χ1n) is 3.28. The number of nitrogens with one attached hydrogen (secondary N) is 1. The second-order valence-electron chi connectivity index (χ2n) is 2.09. The van der Waals surface area contributed by atoms with E-state index in [1.54, 1.807) is 5.48 Å². The van der Waals surface area contributed by atoms with Gasteiger partial charge in [-0.25, -0.2) is 5.48 Å². The Bertz CT molecular complexity index is 328. The van der Waals surface area contributed by atoms with Gasteiger partial charge < -0.3 is 4.74 Å². The molecule has 0 fully saturated rings. The van der Waals surface area contributed by atoms with Gasteiger partial charge in [-0.3, -0.25) is 15.3 Å². The van der Waals surface area contributed by atoms with E-state index in [1.165, 1.54) is 19.2 Å². The number of nitrogens with zero attached hydrogens (tertiary/aromatic N) is 2. The molecule has 13 heavy (non-hydrogen) atoms. The lowest BCUT2D eigenvalue weighted by molar-refractivity contribution is -0.384. The monoisotopic (exact) mass is 185 g/mol. The van der Waals surface area contributed by atoms with Crippen LogP contribution in [0.25, 0.3) is 0 Å². The molecule has 0 atom stereocenters. The predicted molar refractivity (Wildman–Crippen MR) is 42.9 cm³/mol. The lowest BCUT2D eigenvalue weighted by Gasteiger charge is -2.01. The molecule has 0 saturated carbocycles. The van der Waals surface area contributed by atoms with Gasteiger partial charge in [0.25, 0.3) is 0 Å². The summed E-state index contributed by atoms with van der Waals surface area (Å²) in [5, 5.41) is 18.9. The molecule has 70 valence electrons. The minimum atomic E-state index is -0.662. The molecule has 0 spiro atoms. The maximum atomic E-state index is 10.4. The molecule has 0 aliphatic rings. The lowest BCUT2D eigenvalue weighted by atomic mass is 10.4. The van der Waals surface area contributed by atoms with Crippen molar-refractivity contribution in [3.63, 3.8) is 0 Å². The molecule has 0 radical (unpaired) electrons. The summed E-state index contributed by atoms with van der Waals surface area (Å²) in [6.07, 6.45) is 0. The molecule has 0 aromatic carbocycles. The van der Waals surface area contributed by atoms with Gasteiger partial charge in [0.1, 0.15) is 0 Å². The van der Waals surface area contributed by atoms with Crippen molar-refractivity contribution in [3.8, 4) is 5.88 Å². The highest BCUT2D eigenvalue weighted by atomic mass is 16.6. The maximum absolute atomic E-state index is 10.4. The van der Waals surface area contributed by atoms with Crippen LogP contribution in [0.15, 0.2) is 12.1 Å². The fourth-order valence-electron chi connectivity index (χ4n) is 0.777. The predicted octanol–water partition coefficient (Wildman–Crippen LogP) is 0.799. The molecule has 7 nitrogen and oxygen atoms in total. The standard InChI is InChI=1S/C6H7N3O4/c1-13-5-3-2-4(9(11)12)6(7-5)8-10/h2-3,10H,1H3,(H,7,8). The second kappa shape index (κ2) is 3.68. The number of aromatic nitrogens is 1. The zero-order chi connectivity index (χ0) is 9.84. The van der Waals surface area contributed by atoms with Crippen molar-refractivity contribution in [2.45, 2.75) is 0 Å². The van der Waals surface area contributed by atoms with Gasteiger partial charge in [-0.1, -0.05) is 0 Å². The van der Waals surface area contributed by atoms with Gasteiger partial charge in [0, 0.05) is 12.1 Å². The quantitative estimate of drug-likeness (QED) is 0.533. The van der Waals surface area contributed by atoms with Gasteiger partial charge >= 0.3 is 5.69 Å². The van der Waals surface area contributed by atoms with Gasteiger partial charge in [0.15, 0.2) is 0 Å². The largest absolute Gasteiger partial charge is 0.481 e. The van der Waals surface area contributed by atoms with E-state index < -0.39 is 4.92 Å². The van der Waals surface area contributed by atoms with Crippen molar-refractivity contribution in [2.75, 3.05) is 12.6 Å². The topological polar surface area (TPSA) is 97.5 Å². The molecule has 1 rings (SSSR count). The van der Waals surface area contributed by atoms with Crippen LogP contribution in [-0.4, -0.2) is 22.2 Å². The van der Waals surface area contributed by atoms with E-state index in [2.05, 4.69) is 4.98 Å². The van der Waals surface area contributed by atoms with Gasteiger partial charge in [-0.15, -0.1) is 0 Å². The molecule has 0 bridgehead atoms. The van der Waals surface area contributed by atoms with Gasteiger partial charge in [0.05, 0.1) is 12.0 Å². The second-order valence-corrected chi connectivity index (χ2v) is 2.09. The zero-order valence-corrected chi connectivity index (χ0v) is 6.72. The molecule has 7 heteroatoms. The van der Waals surface area contributed by atoms with E-state index in [0.717, 1.165) is 0 Å². The minimum absolute atomic E-state index is 0.183. The fourth-order valence-corrected chi connectivity index (χ4v) is 0.777. The Labute approximate surface area is 73.1 Å². The lowest BCUT2D eigenvalue weighted by Crippen LogP contribution is -2.00. The van der Waals surface area contributed by atoms with Crippen molar-refractivity contribution in [1.82, 2.24) is 4.98 Å². The summed E-state index contributed by atoms with van der Waals surface area (Å²) in [7, 11) is 1.37. The first-order valence-corrected chi connectivity index (χ1v) is 3.28. The molecule has 0 amide bonds. The number of hydrogen-bond donors (Lipinski definition) is 2. The summed E-state index contributed by atoms with van der Waals surface area (Å²) in [6.45, 7) is 0. The van der Waals surface area contributed by atoms with Gasteiger partial charge in [-0.05, 0) is 0 Å². The van der Waals surface area contributed by atoms with Crippen LogP contribution >= 0.6 is 0 Å². The van der Waals surface area contributed by atoms with E-state index in [9.17, 15) is 10.1 Å². The van der Waals surface area contributed by atoms with Crippen molar-refractivity contribution in [3.05, 3.63) is 22.2 Å². The number of rotatable bonds is 3. The van der Waals surface area contributed by atoms with E-state index in [-0.39, 0.29) is 17.4 Å². The molecule has 0 unspecified atom stereocenters. The maximum Gasteiger partial charge on any atom is 0.313 e. The average molecular weight is 185 g/mol. The summed E-state index contributed by atoms with van der Waals surface area (Å²) in [5.41, 5.74) is 1.30. The summed E-state index contributed by atoms with van der Waals surface area (Å²) >= 11 is 0. The summed E-state index contributed by atoms with van der Waals surface area (Å²) in [6, 6.07) is 2.52. The number of pyridine rings is 1.